The van der Waals surface area contributed by atoms with Crippen molar-refractivity contribution in [3.8, 4) is 17.1 Å². The number of aromatic nitrogens is 2. The zero-order valence-electron chi connectivity index (χ0n) is 11.7. The van der Waals surface area contributed by atoms with Crippen molar-refractivity contribution >= 4 is 5.97 Å². The Hall–Kier alpha value is -3.15. The van der Waals surface area contributed by atoms with Crippen molar-refractivity contribution in [2.75, 3.05) is 0 Å². The highest BCUT2D eigenvalue weighted by Crippen LogP contribution is 2.18. The number of esters is 1. The zero-order chi connectivity index (χ0) is 16.2. The number of benzene rings is 2. The summed E-state index contributed by atoms with van der Waals surface area (Å²) in [6.07, 6.45) is 0. The highest BCUT2D eigenvalue weighted by molar-refractivity contribution is 5.90. The fourth-order valence-electron chi connectivity index (χ4n) is 1.92. The van der Waals surface area contributed by atoms with Gasteiger partial charge in [-0.15, -0.1) is 10.2 Å². The van der Waals surface area contributed by atoms with Crippen LogP contribution >= 0.6 is 0 Å². The predicted octanol–water partition coefficient (Wildman–Crippen LogP) is 3.64. The molecular weight excluding hydrogens is 302 g/mol. The van der Waals surface area contributed by atoms with Gasteiger partial charge >= 0.3 is 5.97 Å². The molecule has 0 amide bonds. The van der Waals surface area contributed by atoms with E-state index in [0.717, 1.165) is 6.07 Å². The van der Waals surface area contributed by atoms with Crippen molar-refractivity contribution in [3.05, 3.63) is 77.9 Å². The lowest BCUT2D eigenvalue weighted by atomic mass is 10.1. The Kier molecular flexibility index (Phi) is 4.05. The number of carbonyl (C=O) groups is 1. The van der Waals surface area contributed by atoms with Crippen LogP contribution in [0, 0.1) is 11.6 Å². The third kappa shape index (κ3) is 3.55. The van der Waals surface area contributed by atoms with Gasteiger partial charge in [0, 0.05) is 11.6 Å². The Morgan fingerprint density at radius 3 is 2.30 bits per heavy atom. The quantitative estimate of drug-likeness (QED) is 0.693. The minimum atomic E-state index is -0.728. The number of hydrogen-bond donors (Lipinski definition) is 0. The van der Waals surface area contributed by atoms with Crippen LogP contribution in [0.2, 0.25) is 0 Å². The largest absolute Gasteiger partial charge is 0.402 e. The van der Waals surface area contributed by atoms with Gasteiger partial charge in [-0.3, -0.25) is 0 Å². The average Bonchev–Trinajstić information content (AvgIpc) is 2.56. The van der Waals surface area contributed by atoms with Gasteiger partial charge in [0.05, 0.1) is 11.3 Å². The molecule has 3 aromatic rings. The summed E-state index contributed by atoms with van der Waals surface area (Å²) >= 11 is 0. The van der Waals surface area contributed by atoms with Crippen LogP contribution < -0.4 is 4.74 Å². The lowest BCUT2D eigenvalue weighted by molar-refractivity contribution is 0.0725. The van der Waals surface area contributed by atoms with Gasteiger partial charge in [-0.1, -0.05) is 6.07 Å². The van der Waals surface area contributed by atoms with E-state index in [1.165, 1.54) is 36.4 Å². The standard InChI is InChI=1S/C17H10F2N2O2/c18-13-6-4-11(5-7-13)15-8-9-16(21-20-15)23-17(22)12-2-1-3-14(19)10-12/h1-10H. The molecule has 0 bridgehead atoms. The molecule has 6 heteroatoms. The molecule has 1 aromatic heterocycles. The molecule has 2 aromatic carbocycles. The number of nitrogens with zero attached hydrogens (tertiary/aromatic N) is 2. The SMILES string of the molecule is O=C(Oc1ccc(-c2ccc(F)cc2)nn1)c1cccc(F)c1. The monoisotopic (exact) mass is 312 g/mol. The van der Waals surface area contributed by atoms with Gasteiger partial charge in [0.2, 0.25) is 5.88 Å². The van der Waals surface area contributed by atoms with Crippen LogP contribution in [-0.4, -0.2) is 16.2 Å². The Bertz CT molecular complexity index is 834. The van der Waals surface area contributed by atoms with Crippen molar-refractivity contribution < 1.29 is 18.3 Å². The molecule has 0 aliphatic carbocycles. The molecule has 3 rings (SSSR count). The first-order valence-electron chi connectivity index (χ1n) is 6.69. The minimum Gasteiger partial charge on any atom is -0.402 e. The van der Waals surface area contributed by atoms with Crippen LogP contribution in [0.1, 0.15) is 10.4 Å². The predicted molar refractivity (Wildman–Crippen MR) is 78.8 cm³/mol. The van der Waals surface area contributed by atoms with Gasteiger partial charge in [-0.25, -0.2) is 13.6 Å². The van der Waals surface area contributed by atoms with Crippen LogP contribution in [0.4, 0.5) is 8.78 Å². The molecular formula is C17H10F2N2O2. The van der Waals surface area contributed by atoms with Gasteiger partial charge < -0.3 is 4.74 Å². The first-order valence-corrected chi connectivity index (χ1v) is 6.69. The second-order valence-corrected chi connectivity index (χ2v) is 4.66. The second kappa shape index (κ2) is 6.31. The van der Waals surface area contributed by atoms with E-state index in [1.807, 2.05) is 0 Å². The van der Waals surface area contributed by atoms with Crippen molar-refractivity contribution in [1.29, 1.82) is 0 Å². The maximum atomic E-state index is 13.1. The Morgan fingerprint density at radius 1 is 0.870 bits per heavy atom. The molecule has 114 valence electrons. The van der Waals surface area contributed by atoms with Crippen LogP contribution in [0.15, 0.2) is 60.7 Å². The number of halogens is 2. The summed E-state index contributed by atoms with van der Waals surface area (Å²) in [6, 6.07) is 14.0. The van der Waals surface area contributed by atoms with Gasteiger partial charge in [0.1, 0.15) is 11.6 Å². The highest BCUT2D eigenvalue weighted by Gasteiger charge is 2.11. The van der Waals surface area contributed by atoms with Crippen molar-refractivity contribution in [1.82, 2.24) is 10.2 Å². The summed E-state index contributed by atoms with van der Waals surface area (Å²) in [4.78, 5) is 11.9. The summed E-state index contributed by atoms with van der Waals surface area (Å²) in [6.45, 7) is 0. The molecule has 23 heavy (non-hydrogen) atoms. The molecule has 0 aliphatic heterocycles. The lowest BCUT2D eigenvalue weighted by Crippen LogP contribution is -2.10. The van der Waals surface area contributed by atoms with E-state index >= 15 is 0 Å². The third-order valence-corrected chi connectivity index (χ3v) is 3.04. The third-order valence-electron chi connectivity index (χ3n) is 3.04. The number of rotatable bonds is 3. The van der Waals surface area contributed by atoms with E-state index in [2.05, 4.69) is 10.2 Å². The first kappa shape index (κ1) is 14.8. The molecule has 0 unspecified atom stereocenters. The van der Waals surface area contributed by atoms with Crippen molar-refractivity contribution in [3.63, 3.8) is 0 Å². The fraction of sp³-hybridized carbons (Fsp3) is 0. The molecule has 1 heterocycles. The van der Waals surface area contributed by atoms with E-state index in [0.29, 0.717) is 11.3 Å². The number of hydrogen-bond acceptors (Lipinski definition) is 4. The van der Waals surface area contributed by atoms with Gasteiger partial charge in [-0.2, -0.15) is 0 Å². The molecule has 4 nitrogen and oxygen atoms in total. The smallest absolute Gasteiger partial charge is 0.345 e. The summed E-state index contributed by atoms with van der Waals surface area (Å²) in [7, 11) is 0. The lowest BCUT2D eigenvalue weighted by Gasteiger charge is -2.04. The summed E-state index contributed by atoms with van der Waals surface area (Å²) in [5, 5.41) is 7.70. The fourth-order valence-corrected chi connectivity index (χ4v) is 1.92. The molecule has 0 saturated carbocycles. The van der Waals surface area contributed by atoms with E-state index in [4.69, 9.17) is 4.74 Å². The number of ether oxygens (including phenoxy) is 1. The van der Waals surface area contributed by atoms with Crippen molar-refractivity contribution in [2.45, 2.75) is 0 Å². The molecule has 0 N–H and O–H groups in total. The Morgan fingerprint density at radius 2 is 1.65 bits per heavy atom. The highest BCUT2D eigenvalue weighted by atomic mass is 19.1. The topological polar surface area (TPSA) is 52.1 Å². The van der Waals surface area contributed by atoms with Crippen LogP contribution in [0.25, 0.3) is 11.3 Å². The molecule has 0 aliphatic rings. The summed E-state index contributed by atoms with van der Waals surface area (Å²) in [5.41, 5.74) is 1.27. The van der Waals surface area contributed by atoms with E-state index in [9.17, 15) is 13.6 Å². The Labute approximate surface area is 130 Å². The molecule has 0 atom stereocenters. The maximum Gasteiger partial charge on any atom is 0.345 e. The first-order chi connectivity index (χ1) is 11.1. The second-order valence-electron chi connectivity index (χ2n) is 4.66. The van der Waals surface area contributed by atoms with E-state index < -0.39 is 11.8 Å². The number of carbonyl (C=O) groups excluding carboxylic acids is 1. The van der Waals surface area contributed by atoms with Gasteiger partial charge in [-0.05, 0) is 48.5 Å². The molecule has 0 spiro atoms. The zero-order valence-corrected chi connectivity index (χ0v) is 11.7. The van der Waals surface area contributed by atoms with Gasteiger partial charge in [0.15, 0.2) is 0 Å². The maximum absolute atomic E-state index is 13.1. The molecule has 0 fully saturated rings. The van der Waals surface area contributed by atoms with Crippen LogP contribution in [-0.2, 0) is 0 Å². The average molecular weight is 312 g/mol. The minimum absolute atomic E-state index is 0.00915. The summed E-state index contributed by atoms with van der Waals surface area (Å²) < 4.78 is 31.0. The Balaban J connectivity index is 1.75. The summed E-state index contributed by atoms with van der Waals surface area (Å²) in [5.74, 6) is -1.61. The van der Waals surface area contributed by atoms with Crippen molar-refractivity contribution in [2.24, 2.45) is 0 Å². The molecule has 0 saturated heterocycles. The van der Waals surface area contributed by atoms with Crippen LogP contribution in [0.3, 0.4) is 0 Å². The van der Waals surface area contributed by atoms with E-state index in [-0.39, 0.29) is 17.3 Å². The van der Waals surface area contributed by atoms with E-state index in [1.54, 1.807) is 18.2 Å². The van der Waals surface area contributed by atoms with Gasteiger partial charge in [0.25, 0.3) is 0 Å². The normalized spacial score (nSPS) is 10.3. The van der Waals surface area contributed by atoms with Crippen LogP contribution in [0.5, 0.6) is 5.88 Å². The molecule has 0 radical (unpaired) electrons.